The average Bonchev–Trinajstić information content (AvgIpc) is 2.32. The summed E-state index contributed by atoms with van der Waals surface area (Å²) < 4.78 is 0. The molecule has 0 aromatic heterocycles. The molecule has 1 heteroatoms. The average molecular weight is 151 g/mol. The Morgan fingerprint density at radius 1 is 1.18 bits per heavy atom. The standard InChI is InChI=1S/C10H17N/c1-2-9-6-7-10(11-9)8-4-3-5-8/h2,8-11H,1,3-7H2/t9-,10-/m1/s1. The molecule has 2 aliphatic rings. The van der Waals surface area contributed by atoms with E-state index in [0.29, 0.717) is 6.04 Å². The van der Waals surface area contributed by atoms with Crippen molar-refractivity contribution in [1.29, 1.82) is 0 Å². The molecule has 2 rings (SSSR count). The molecule has 0 spiro atoms. The van der Waals surface area contributed by atoms with E-state index in [9.17, 15) is 0 Å². The van der Waals surface area contributed by atoms with Crippen LogP contribution in [0.1, 0.15) is 32.1 Å². The van der Waals surface area contributed by atoms with Crippen LogP contribution in [0.25, 0.3) is 0 Å². The lowest BCUT2D eigenvalue weighted by atomic mass is 9.79. The summed E-state index contributed by atoms with van der Waals surface area (Å²) in [5.74, 6) is 1.000. The van der Waals surface area contributed by atoms with Crippen molar-refractivity contribution in [2.24, 2.45) is 5.92 Å². The third-order valence-corrected chi connectivity index (χ3v) is 3.22. The van der Waals surface area contributed by atoms with Crippen LogP contribution in [0.3, 0.4) is 0 Å². The fourth-order valence-corrected chi connectivity index (χ4v) is 2.20. The van der Waals surface area contributed by atoms with Gasteiger partial charge >= 0.3 is 0 Å². The summed E-state index contributed by atoms with van der Waals surface area (Å²) >= 11 is 0. The molecule has 2 atom stereocenters. The quantitative estimate of drug-likeness (QED) is 0.596. The lowest BCUT2D eigenvalue weighted by Gasteiger charge is -2.31. The minimum Gasteiger partial charge on any atom is -0.308 e. The molecule has 1 nitrogen and oxygen atoms in total. The maximum Gasteiger partial charge on any atom is 0.0250 e. The van der Waals surface area contributed by atoms with E-state index in [4.69, 9.17) is 0 Å². The minimum atomic E-state index is 0.612. The zero-order valence-corrected chi connectivity index (χ0v) is 7.05. The van der Waals surface area contributed by atoms with Gasteiger partial charge in [0.15, 0.2) is 0 Å². The smallest absolute Gasteiger partial charge is 0.0250 e. The van der Waals surface area contributed by atoms with Crippen LogP contribution in [0.2, 0.25) is 0 Å². The van der Waals surface area contributed by atoms with Gasteiger partial charge in [-0.2, -0.15) is 0 Å². The van der Waals surface area contributed by atoms with Crippen molar-refractivity contribution in [3.8, 4) is 0 Å². The van der Waals surface area contributed by atoms with E-state index in [-0.39, 0.29) is 0 Å². The Labute approximate surface area is 68.9 Å². The molecule has 11 heavy (non-hydrogen) atoms. The van der Waals surface area contributed by atoms with Gasteiger partial charge in [0.25, 0.3) is 0 Å². The van der Waals surface area contributed by atoms with Crippen molar-refractivity contribution < 1.29 is 0 Å². The van der Waals surface area contributed by atoms with E-state index in [1.807, 2.05) is 0 Å². The van der Waals surface area contributed by atoms with Crippen molar-refractivity contribution >= 4 is 0 Å². The molecule has 62 valence electrons. The minimum absolute atomic E-state index is 0.612. The van der Waals surface area contributed by atoms with Gasteiger partial charge in [0, 0.05) is 12.1 Å². The molecule has 0 unspecified atom stereocenters. The summed E-state index contributed by atoms with van der Waals surface area (Å²) in [5.41, 5.74) is 0. The van der Waals surface area contributed by atoms with Gasteiger partial charge in [-0.15, -0.1) is 6.58 Å². The highest BCUT2D eigenvalue weighted by Gasteiger charge is 2.31. The second-order valence-electron chi connectivity index (χ2n) is 3.88. The summed E-state index contributed by atoms with van der Waals surface area (Å²) in [6.45, 7) is 3.82. The highest BCUT2D eigenvalue weighted by atomic mass is 15.0. The molecule has 0 amide bonds. The largest absolute Gasteiger partial charge is 0.308 e. The number of hydrogen-bond donors (Lipinski definition) is 1. The number of hydrogen-bond acceptors (Lipinski definition) is 1. The molecule has 1 heterocycles. The molecule has 1 saturated carbocycles. The normalized spacial score (nSPS) is 38.5. The monoisotopic (exact) mass is 151 g/mol. The fraction of sp³-hybridized carbons (Fsp3) is 0.800. The SMILES string of the molecule is C=C[C@@H]1CC[C@H](C2CCC2)N1. The first-order valence-electron chi connectivity index (χ1n) is 4.79. The molecule has 0 radical (unpaired) electrons. The number of rotatable bonds is 2. The van der Waals surface area contributed by atoms with Gasteiger partial charge in [-0.05, 0) is 31.6 Å². The molecule has 1 aliphatic heterocycles. The molecular formula is C10H17N. The van der Waals surface area contributed by atoms with Crippen LogP contribution in [0, 0.1) is 5.92 Å². The zero-order valence-electron chi connectivity index (χ0n) is 7.05. The predicted octanol–water partition coefficient (Wildman–Crippen LogP) is 2.09. The Morgan fingerprint density at radius 2 is 2.00 bits per heavy atom. The van der Waals surface area contributed by atoms with Crippen molar-refractivity contribution in [3.05, 3.63) is 12.7 Å². The summed E-state index contributed by atoms with van der Waals surface area (Å²) in [4.78, 5) is 0. The molecule has 1 N–H and O–H groups in total. The van der Waals surface area contributed by atoms with Crippen LogP contribution >= 0.6 is 0 Å². The third-order valence-electron chi connectivity index (χ3n) is 3.22. The second-order valence-corrected chi connectivity index (χ2v) is 3.88. The van der Waals surface area contributed by atoms with Crippen LogP contribution in [0.4, 0.5) is 0 Å². The number of nitrogens with one attached hydrogen (secondary N) is 1. The van der Waals surface area contributed by atoms with Gasteiger partial charge in [-0.25, -0.2) is 0 Å². The van der Waals surface area contributed by atoms with Crippen molar-refractivity contribution in [3.63, 3.8) is 0 Å². The van der Waals surface area contributed by atoms with Crippen LogP contribution in [0.15, 0.2) is 12.7 Å². The maximum atomic E-state index is 3.82. The molecular weight excluding hydrogens is 134 g/mol. The molecule has 1 saturated heterocycles. The highest BCUT2D eigenvalue weighted by Crippen LogP contribution is 2.34. The topological polar surface area (TPSA) is 12.0 Å². The summed E-state index contributed by atoms with van der Waals surface area (Å²) in [6.07, 6.45) is 9.12. The molecule has 0 bridgehead atoms. The molecule has 1 aliphatic carbocycles. The maximum absolute atomic E-state index is 3.82. The van der Waals surface area contributed by atoms with Gasteiger partial charge < -0.3 is 5.32 Å². The van der Waals surface area contributed by atoms with Gasteiger partial charge in [-0.1, -0.05) is 12.5 Å². The van der Waals surface area contributed by atoms with Crippen molar-refractivity contribution in [1.82, 2.24) is 5.32 Å². The Bertz CT molecular complexity index is 149. The Morgan fingerprint density at radius 3 is 2.45 bits per heavy atom. The third kappa shape index (κ3) is 1.34. The summed E-state index contributed by atoms with van der Waals surface area (Å²) in [7, 11) is 0. The Hall–Kier alpha value is -0.300. The van der Waals surface area contributed by atoms with E-state index in [2.05, 4.69) is 18.0 Å². The lowest BCUT2D eigenvalue weighted by Crippen LogP contribution is -2.37. The van der Waals surface area contributed by atoms with Crippen LogP contribution in [0.5, 0.6) is 0 Å². The summed E-state index contributed by atoms with van der Waals surface area (Å²) in [5, 5.41) is 3.62. The lowest BCUT2D eigenvalue weighted by molar-refractivity contribution is 0.243. The fourth-order valence-electron chi connectivity index (χ4n) is 2.20. The molecule has 0 aromatic carbocycles. The molecule has 2 fully saturated rings. The first-order chi connectivity index (χ1) is 5.40. The predicted molar refractivity (Wildman–Crippen MR) is 47.5 cm³/mol. The molecule has 0 aromatic rings. The van der Waals surface area contributed by atoms with E-state index in [0.717, 1.165) is 12.0 Å². The first-order valence-corrected chi connectivity index (χ1v) is 4.79. The van der Waals surface area contributed by atoms with Crippen LogP contribution < -0.4 is 5.32 Å². The van der Waals surface area contributed by atoms with Crippen molar-refractivity contribution in [2.45, 2.75) is 44.2 Å². The van der Waals surface area contributed by atoms with Gasteiger partial charge in [0.2, 0.25) is 0 Å². The van der Waals surface area contributed by atoms with Crippen LogP contribution in [-0.2, 0) is 0 Å². The van der Waals surface area contributed by atoms with Crippen LogP contribution in [-0.4, -0.2) is 12.1 Å². The van der Waals surface area contributed by atoms with Gasteiger partial charge in [-0.3, -0.25) is 0 Å². The van der Waals surface area contributed by atoms with Gasteiger partial charge in [0.05, 0.1) is 0 Å². The van der Waals surface area contributed by atoms with E-state index < -0.39 is 0 Å². The van der Waals surface area contributed by atoms with E-state index in [1.165, 1.54) is 32.1 Å². The van der Waals surface area contributed by atoms with E-state index >= 15 is 0 Å². The van der Waals surface area contributed by atoms with Gasteiger partial charge in [0.1, 0.15) is 0 Å². The highest BCUT2D eigenvalue weighted by molar-refractivity contribution is 4.97. The first kappa shape index (κ1) is 7.35. The second kappa shape index (κ2) is 2.98. The Kier molecular flexibility index (Phi) is 1.99. The zero-order chi connectivity index (χ0) is 7.68. The van der Waals surface area contributed by atoms with Crippen molar-refractivity contribution in [2.75, 3.05) is 0 Å². The Balaban J connectivity index is 1.83. The van der Waals surface area contributed by atoms with E-state index in [1.54, 1.807) is 0 Å². The summed E-state index contributed by atoms with van der Waals surface area (Å²) in [6, 6.07) is 1.44.